The number of nitrogens with zero attached hydrogens (tertiary/aromatic N) is 3. The standard InChI is InChI=1S/C22H26N4O4S/c27-21-6-5-20(24-26(21)16-9-12-31(29,30)14-16)22(28)25-10-7-15(8-11-25)18-13-23-19-4-2-1-3-17(18)19/h1-4,13,15-16,23H,5-12,14H2. The number of hydrazone groups is 1. The van der Waals surface area contributed by atoms with Crippen molar-refractivity contribution in [2.45, 2.75) is 44.1 Å². The van der Waals surface area contributed by atoms with Crippen molar-refractivity contribution in [1.29, 1.82) is 0 Å². The number of benzene rings is 1. The normalized spacial score (nSPS) is 24.6. The van der Waals surface area contributed by atoms with Crippen molar-refractivity contribution in [1.82, 2.24) is 14.9 Å². The van der Waals surface area contributed by atoms with Gasteiger partial charge in [-0.15, -0.1) is 0 Å². The van der Waals surface area contributed by atoms with Gasteiger partial charge in [0.2, 0.25) is 5.91 Å². The van der Waals surface area contributed by atoms with Crippen LogP contribution in [0.15, 0.2) is 35.6 Å². The van der Waals surface area contributed by atoms with E-state index in [1.165, 1.54) is 16.0 Å². The largest absolute Gasteiger partial charge is 0.361 e. The van der Waals surface area contributed by atoms with E-state index in [4.69, 9.17) is 0 Å². The fourth-order valence-electron chi connectivity index (χ4n) is 4.99. The minimum absolute atomic E-state index is 0.0697. The molecule has 1 aromatic carbocycles. The van der Waals surface area contributed by atoms with Crippen LogP contribution in [0.1, 0.15) is 43.6 Å². The number of aromatic amines is 1. The Hall–Kier alpha value is -2.68. The minimum atomic E-state index is -3.13. The second-order valence-corrected chi connectivity index (χ2v) is 10.9. The number of carbonyl (C=O) groups excluding carboxylic acids is 2. The molecule has 164 valence electrons. The van der Waals surface area contributed by atoms with Crippen LogP contribution in [0.2, 0.25) is 0 Å². The van der Waals surface area contributed by atoms with Gasteiger partial charge in [0.15, 0.2) is 9.84 Å². The van der Waals surface area contributed by atoms with E-state index in [0.717, 1.165) is 18.4 Å². The average molecular weight is 443 g/mol. The summed E-state index contributed by atoms with van der Waals surface area (Å²) >= 11 is 0. The summed E-state index contributed by atoms with van der Waals surface area (Å²) in [4.78, 5) is 30.6. The number of rotatable bonds is 3. The second-order valence-electron chi connectivity index (χ2n) is 8.70. The van der Waals surface area contributed by atoms with Crippen LogP contribution in [0.5, 0.6) is 0 Å². The van der Waals surface area contributed by atoms with Crippen molar-refractivity contribution in [2.75, 3.05) is 24.6 Å². The van der Waals surface area contributed by atoms with E-state index < -0.39 is 15.9 Å². The summed E-state index contributed by atoms with van der Waals surface area (Å²) in [6.45, 7) is 1.29. The summed E-state index contributed by atoms with van der Waals surface area (Å²) in [5.74, 6) is 0.0732. The summed E-state index contributed by atoms with van der Waals surface area (Å²) in [6, 6.07) is 7.81. The zero-order valence-corrected chi connectivity index (χ0v) is 18.1. The van der Waals surface area contributed by atoms with Crippen LogP contribution in [0.4, 0.5) is 0 Å². The lowest BCUT2D eigenvalue weighted by Gasteiger charge is -2.34. The van der Waals surface area contributed by atoms with Gasteiger partial charge in [0.05, 0.1) is 17.5 Å². The van der Waals surface area contributed by atoms with Gasteiger partial charge in [-0.1, -0.05) is 18.2 Å². The number of hydrogen-bond donors (Lipinski definition) is 1. The number of carbonyl (C=O) groups is 2. The first-order chi connectivity index (χ1) is 14.9. The molecule has 2 aromatic rings. The predicted octanol–water partition coefficient (Wildman–Crippen LogP) is 2.04. The molecule has 2 fully saturated rings. The Balaban J connectivity index is 1.27. The lowest BCUT2D eigenvalue weighted by molar-refractivity contribution is -0.134. The van der Waals surface area contributed by atoms with Crippen molar-refractivity contribution in [2.24, 2.45) is 5.10 Å². The molecular weight excluding hydrogens is 416 g/mol. The van der Waals surface area contributed by atoms with Gasteiger partial charge in [-0.25, -0.2) is 13.4 Å². The van der Waals surface area contributed by atoms with E-state index in [9.17, 15) is 18.0 Å². The molecule has 0 radical (unpaired) electrons. The Morgan fingerprint density at radius 1 is 1.10 bits per heavy atom. The zero-order valence-electron chi connectivity index (χ0n) is 17.3. The highest BCUT2D eigenvalue weighted by atomic mass is 32.2. The van der Waals surface area contributed by atoms with Gasteiger partial charge in [-0.2, -0.15) is 5.10 Å². The number of amides is 2. The van der Waals surface area contributed by atoms with E-state index in [1.807, 2.05) is 17.0 Å². The number of H-pyrrole nitrogens is 1. The summed E-state index contributed by atoms with van der Waals surface area (Å²) in [6.07, 6.45) is 4.74. The molecule has 2 amide bonds. The summed E-state index contributed by atoms with van der Waals surface area (Å²) < 4.78 is 23.6. The van der Waals surface area contributed by atoms with Gasteiger partial charge in [0, 0.05) is 43.0 Å². The number of sulfone groups is 1. The third kappa shape index (κ3) is 3.86. The van der Waals surface area contributed by atoms with E-state index >= 15 is 0 Å². The monoisotopic (exact) mass is 442 g/mol. The first-order valence-corrected chi connectivity index (χ1v) is 12.7. The molecule has 1 unspecified atom stereocenters. The van der Waals surface area contributed by atoms with Gasteiger partial charge < -0.3 is 9.88 Å². The Kier molecular flexibility index (Phi) is 5.08. The van der Waals surface area contributed by atoms with Crippen molar-refractivity contribution >= 4 is 38.3 Å². The molecule has 1 atom stereocenters. The molecule has 8 nitrogen and oxygen atoms in total. The SMILES string of the molecule is O=C(C1=NN(C2CCS(=O)(=O)C2)C(=O)CC1)N1CCC(c2c[nH]c3ccccc23)CC1. The Morgan fingerprint density at radius 3 is 2.61 bits per heavy atom. The molecule has 0 spiro atoms. The molecule has 4 heterocycles. The number of aromatic nitrogens is 1. The number of piperidine rings is 1. The number of likely N-dealkylation sites (tertiary alicyclic amines) is 1. The molecule has 0 bridgehead atoms. The number of para-hydroxylation sites is 1. The maximum atomic E-state index is 13.1. The average Bonchev–Trinajstić information content (AvgIpc) is 3.37. The number of nitrogens with one attached hydrogen (secondary N) is 1. The van der Waals surface area contributed by atoms with Crippen LogP contribution in [0.25, 0.3) is 10.9 Å². The van der Waals surface area contributed by atoms with Gasteiger partial charge >= 0.3 is 0 Å². The maximum absolute atomic E-state index is 13.1. The van der Waals surface area contributed by atoms with Crippen LogP contribution in [-0.2, 0) is 19.4 Å². The smallest absolute Gasteiger partial charge is 0.270 e. The lowest BCUT2D eigenvalue weighted by Crippen LogP contribution is -2.46. The van der Waals surface area contributed by atoms with Crippen molar-refractivity contribution in [3.05, 3.63) is 36.0 Å². The molecule has 0 aliphatic carbocycles. The second kappa shape index (κ2) is 7.78. The summed E-state index contributed by atoms with van der Waals surface area (Å²) in [7, 11) is -3.13. The van der Waals surface area contributed by atoms with Crippen LogP contribution in [-0.4, -0.2) is 71.5 Å². The van der Waals surface area contributed by atoms with E-state index in [2.05, 4.69) is 28.4 Å². The van der Waals surface area contributed by atoms with Crippen molar-refractivity contribution < 1.29 is 18.0 Å². The number of hydrogen-bond acceptors (Lipinski definition) is 5. The fraction of sp³-hybridized carbons (Fsp3) is 0.500. The number of fused-ring (bicyclic) bond motifs is 1. The van der Waals surface area contributed by atoms with Gasteiger partial charge in [-0.05, 0) is 36.8 Å². The van der Waals surface area contributed by atoms with E-state index in [1.54, 1.807) is 0 Å². The Morgan fingerprint density at radius 2 is 1.87 bits per heavy atom. The first-order valence-electron chi connectivity index (χ1n) is 10.9. The van der Waals surface area contributed by atoms with Crippen LogP contribution in [0.3, 0.4) is 0 Å². The molecule has 1 aromatic heterocycles. The summed E-state index contributed by atoms with van der Waals surface area (Å²) in [5, 5.41) is 6.84. The molecule has 1 N–H and O–H groups in total. The highest BCUT2D eigenvalue weighted by Crippen LogP contribution is 2.33. The quantitative estimate of drug-likeness (QED) is 0.786. The Bertz CT molecular complexity index is 1160. The zero-order chi connectivity index (χ0) is 21.6. The summed E-state index contributed by atoms with van der Waals surface area (Å²) in [5.41, 5.74) is 2.80. The van der Waals surface area contributed by atoms with Crippen LogP contribution >= 0.6 is 0 Å². The van der Waals surface area contributed by atoms with Gasteiger partial charge in [-0.3, -0.25) is 9.59 Å². The molecule has 3 aliphatic heterocycles. The predicted molar refractivity (Wildman–Crippen MR) is 117 cm³/mol. The third-order valence-corrected chi connectivity index (χ3v) is 8.45. The molecule has 5 rings (SSSR count). The molecule has 9 heteroatoms. The molecule has 2 saturated heterocycles. The van der Waals surface area contributed by atoms with E-state index in [-0.39, 0.29) is 29.7 Å². The first kappa shape index (κ1) is 20.2. The Labute approximate surface area is 181 Å². The molecular formula is C22H26N4O4S. The highest BCUT2D eigenvalue weighted by molar-refractivity contribution is 7.91. The van der Waals surface area contributed by atoms with Crippen molar-refractivity contribution in [3.8, 4) is 0 Å². The van der Waals surface area contributed by atoms with Crippen molar-refractivity contribution in [3.63, 3.8) is 0 Å². The third-order valence-electron chi connectivity index (χ3n) is 6.70. The van der Waals surface area contributed by atoms with Gasteiger partial charge in [0.1, 0.15) is 5.71 Å². The topological polar surface area (TPSA) is 103 Å². The fourth-order valence-corrected chi connectivity index (χ4v) is 6.68. The molecule has 31 heavy (non-hydrogen) atoms. The van der Waals surface area contributed by atoms with Crippen LogP contribution in [0, 0.1) is 0 Å². The maximum Gasteiger partial charge on any atom is 0.270 e. The van der Waals surface area contributed by atoms with E-state index in [0.29, 0.717) is 37.6 Å². The molecule has 3 aliphatic rings. The lowest BCUT2D eigenvalue weighted by atomic mass is 9.89. The minimum Gasteiger partial charge on any atom is -0.361 e. The highest BCUT2D eigenvalue weighted by Gasteiger charge is 2.38. The van der Waals surface area contributed by atoms with Gasteiger partial charge in [0.25, 0.3) is 5.91 Å². The van der Waals surface area contributed by atoms with Crippen LogP contribution < -0.4 is 0 Å². The molecule has 0 saturated carbocycles.